The Morgan fingerprint density at radius 3 is 2.40 bits per heavy atom. The highest BCUT2D eigenvalue weighted by Gasteiger charge is 2.13. The fourth-order valence-electron chi connectivity index (χ4n) is 1.88. The zero-order valence-electron chi connectivity index (χ0n) is 9.79. The lowest BCUT2D eigenvalue weighted by Crippen LogP contribution is -2.05. The Hall–Kier alpha value is -1.31. The zero-order valence-corrected chi connectivity index (χ0v) is 9.79. The monoisotopic (exact) mass is 206 g/mol. The van der Waals surface area contributed by atoms with E-state index in [9.17, 15) is 4.79 Å². The topological polar surface area (TPSA) is 37.3 Å². The van der Waals surface area contributed by atoms with E-state index in [1.165, 1.54) is 16.7 Å². The van der Waals surface area contributed by atoms with Crippen LogP contribution in [0.2, 0.25) is 0 Å². The summed E-state index contributed by atoms with van der Waals surface area (Å²) < 4.78 is 0. The summed E-state index contributed by atoms with van der Waals surface area (Å²) in [5.74, 6) is -0.651. The number of hydrogen-bond acceptors (Lipinski definition) is 1. The van der Waals surface area contributed by atoms with E-state index in [1.807, 2.05) is 13.0 Å². The number of hydrogen-bond donors (Lipinski definition) is 1. The highest BCUT2D eigenvalue weighted by Crippen LogP contribution is 2.26. The summed E-state index contributed by atoms with van der Waals surface area (Å²) >= 11 is 0. The van der Waals surface area contributed by atoms with Crippen LogP contribution in [0, 0.1) is 20.8 Å². The van der Waals surface area contributed by atoms with E-state index in [2.05, 4.69) is 26.8 Å². The van der Waals surface area contributed by atoms with Crippen molar-refractivity contribution in [3.8, 4) is 0 Å². The van der Waals surface area contributed by atoms with Crippen molar-refractivity contribution in [3.05, 3.63) is 34.4 Å². The van der Waals surface area contributed by atoms with E-state index >= 15 is 0 Å². The van der Waals surface area contributed by atoms with E-state index in [0.29, 0.717) is 0 Å². The summed E-state index contributed by atoms with van der Waals surface area (Å²) in [6.45, 7) is 8.19. The van der Waals surface area contributed by atoms with Crippen molar-refractivity contribution in [2.45, 2.75) is 40.0 Å². The van der Waals surface area contributed by atoms with Crippen LogP contribution in [0.3, 0.4) is 0 Å². The van der Waals surface area contributed by atoms with E-state index < -0.39 is 5.97 Å². The quantitative estimate of drug-likeness (QED) is 0.824. The van der Waals surface area contributed by atoms with Gasteiger partial charge in [0.15, 0.2) is 0 Å². The highest BCUT2D eigenvalue weighted by molar-refractivity contribution is 5.68. The lowest BCUT2D eigenvalue weighted by Gasteiger charge is -2.16. The van der Waals surface area contributed by atoms with E-state index in [-0.39, 0.29) is 12.3 Å². The first-order valence-electron chi connectivity index (χ1n) is 5.22. The predicted molar refractivity (Wildman–Crippen MR) is 61.3 cm³/mol. The van der Waals surface area contributed by atoms with Crippen molar-refractivity contribution in [2.24, 2.45) is 0 Å². The summed E-state index contributed by atoms with van der Waals surface area (Å²) in [6, 6.07) is 4.11. The first kappa shape index (κ1) is 11.8. The molecule has 0 aliphatic rings. The van der Waals surface area contributed by atoms with E-state index in [0.717, 1.165) is 5.56 Å². The van der Waals surface area contributed by atoms with Gasteiger partial charge in [-0.25, -0.2) is 0 Å². The van der Waals surface area contributed by atoms with Gasteiger partial charge in [0.2, 0.25) is 0 Å². The maximum atomic E-state index is 10.6. The molecule has 2 heteroatoms. The van der Waals surface area contributed by atoms with Gasteiger partial charge in [-0.1, -0.05) is 19.1 Å². The molecule has 0 spiro atoms. The molecule has 2 nitrogen and oxygen atoms in total. The van der Waals surface area contributed by atoms with Crippen LogP contribution in [0.1, 0.15) is 41.5 Å². The predicted octanol–water partition coefficient (Wildman–Crippen LogP) is 3.19. The minimum Gasteiger partial charge on any atom is -0.481 e. The van der Waals surface area contributed by atoms with E-state index in [1.54, 1.807) is 0 Å². The average molecular weight is 206 g/mol. The first-order chi connectivity index (χ1) is 6.93. The van der Waals surface area contributed by atoms with Crippen LogP contribution < -0.4 is 0 Å². The van der Waals surface area contributed by atoms with Gasteiger partial charge < -0.3 is 5.11 Å². The minimum atomic E-state index is -0.736. The molecule has 1 aromatic rings. The van der Waals surface area contributed by atoms with Gasteiger partial charge in [-0.15, -0.1) is 0 Å². The molecule has 0 saturated heterocycles. The second-order valence-corrected chi connectivity index (χ2v) is 4.22. The van der Waals surface area contributed by atoms with Crippen molar-refractivity contribution < 1.29 is 9.90 Å². The fourth-order valence-corrected chi connectivity index (χ4v) is 1.88. The Balaban J connectivity index is 3.05. The van der Waals surface area contributed by atoms with Gasteiger partial charge in [-0.05, 0) is 48.9 Å². The Labute approximate surface area is 90.9 Å². The van der Waals surface area contributed by atoms with Crippen LogP contribution in [0.4, 0.5) is 0 Å². The van der Waals surface area contributed by atoms with Crippen LogP contribution in [0.25, 0.3) is 0 Å². The number of carboxylic acids is 1. The Morgan fingerprint density at radius 2 is 1.87 bits per heavy atom. The summed E-state index contributed by atoms with van der Waals surface area (Å²) in [4.78, 5) is 10.6. The molecule has 1 unspecified atom stereocenters. The molecule has 1 atom stereocenters. The largest absolute Gasteiger partial charge is 0.481 e. The number of carbonyl (C=O) groups is 1. The van der Waals surface area contributed by atoms with Crippen molar-refractivity contribution in [3.63, 3.8) is 0 Å². The molecule has 0 aliphatic carbocycles. The average Bonchev–Trinajstić information content (AvgIpc) is 2.13. The zero-order chi connectivity index (χ0) is 11.6. The van der Waals surface area contributed by atoms with Crippen molar-refractivity contribution in [1.82, 2.24) is 0 Å². The van der Waals surface area contributed by atoms with Crippen LogP contribution in [0.5, 0.6) is 0 Å². The number of aliphatic carboxylic acids is 1. The first-order valence-corrected chi connectivity index (χ1v) is 5.22. The van der Waals surface area contributed by atoms with Crippen LogP contribution >= 0.6 is 0 Å². The van der Waals surface area contributed by atoms with Crippen molar-refractivity contribution in [1.29, 1.82) is 0 Å². The third kappa shape index (κ3) is 2.58. The lowest BCUT2D eigenvalue weighted by molar-refractivity contribution is -0.137. The minimum absolute atomic E-state index is 0.0850. The molecule has 0 fully saturated rings. The molecule has 1 rings (SSSR count). The molecule has 0 bridgehead atoms. The molecule has 0 aromatic heterocycles. The molecule has 0 heterocycles. The molecule has 0 radical (unpaired) electrons. The number of benzene rings is 1. The summed E-state index contributed by atoms with van der Waals surface area (Å²) in [5.41, 5.74) is 4.91. The van der Waals surface area contributed by atoms with Gasteiger partial charge in [-0.3, -0.25) is 4.79 Å². The highest BCUT2D eigenvalue weighted by atomic mass is 16.4. The van der Waals surface area contributed by atoms with Crippen molar-refractivity contribution >= 4 is 5.97 Å². The van der Waals surface area contributed by atoms with Gasteiger partial charge in [0.1, 0.15) is 0 Å². The molecule has 1 aromatic carbocycles. The number of rotatable bonds is 3. The SMILES string of the molecule is Cc1ccc(C(C)CC(=O)O)c(C)c1C. The molecule has 0 saturated carbocycles. The number of aryl methyl sites for hydroxylation is 1. The molecule has 0 aliphatic heterocycles. The van der Waals surface area contributed by atoms with Crippen LogP contribution in [-0.2, 0) is 4.79 Å². The normalized spacial score (nSPS) is 12.5. The Bertz CT molecular complexity index is 380. The van der Waals surface area contributed by atoms with Crippen molar-refractivity contribution in [2.75, 3.05) is 0 Å². The number of carboxylic acid groups (broad SMARTS) is 1. The van der Waals surface area contributed by atoms with Crippen LogP contribution in [-0.4, -0.2) is 11.1 Å². The van der Waals surface area contributed by atoms with Gasteiger partial charge in [0, 0.05) is 0 Å². The van der Waals surface area contributed by atoms with Gasteiger partial charge in [0.25, 0.3) is 0 Å². The summed E-state index contributed by atoms with van der Waals surface area (Å²) in [6.07, 6.45) is 0.198. The maximum absolute atomic E-state index is 10.6. The standard InChI is InChI=1S/C13H18O2/c1-8-5-6-12(11(4)10(8)3)9(2)7-13(14)15/h5-6,9H,7H2,1-4H3,(H,14,15). The molecule has 1 N–H and O–H groups in total. The molecular weight excluding hydrogens is 188 g/mol. The Kier molecular flexibility index (Phi) is 3.51. The molecular formula is C13H18O2. The molecule has 82 valence electrons. The van der Waals surface area contributed by atoms with Gasteiger partial charge in [-0.2, -0.15) is 0 Å². The van der Waals surface area contributed by atoms with E-state index in [4.69, 9.17) is 5.11 Å². The molecule has 15 heavy (non-hydrogen) atoms. The van der Waals surface area contributed by atoms with Gasteiger partial charge >= 0.3 is 5.97 Å². The lowest BCUT2D eigenvalue weighted by atomic mass is 9.89. The second-order valence-electron chi connectivity index (χ2n) is 4.22. The van der Waals surface area contributed by atoms with Gasteiger partial charge in [0.05, 0.1) is 6.42 Å². The summed E-state index contributed by atoms with van der Waals surface area (Å²) in [7, 11) is 0. The molecule has 0 amide bonds. The summed E-state index contributed by atoms with van der Waals surface area (Å²) in [5, 5.41) is 8.76. The second kappa shape index (κ2) is 4.47. The third-order valence-corrected chi connectivity index (χ3v) is 3.11. The fraction of sp³-hybridized carbons (Fsp3) is 0.462. The smallest absolute Gasteiger partial charge is 0.303 e. The van der Waals surface area contributed by atoms with Crippen LogP contribution in [0.15, 0.2) is 12.1 Å². The maximum Gasteiger partial charge on any atom is 0.303 e. The Morgan fingerprint density at radius 1 is 1.27 bits per heavy atom. The third-order valence-electron chi connectivity index (χ3n) is 3.11.